The number of fused-ring (bicyclic) bond motifs is 1. The van der Waals surface area contributed by atoms with Crippen LogP contribution in [0.3, 0.4) is 0 Å². The van der Waals surface area contributed by atoms with Gasteiger partial charge in [-0.3, -0.25) is 4.68 Å². The third-order valence-corrected chi connectivity index (χ3v) is 6.67. The first-order valence-corrected chi connectivity index (χ1v) is 9.97. The molecule has 0 radical (unpaired) electrons. The number of hydrogen-bond donors (Lipinski definition) is 0. The summed E-state index contributed by atoms with van der Waals surface area (Å²) in [5.41, 5.74) is 2.54. The van der Waals surface area contributed by atoms with Gasteiger partial charge >= 0.3 is 0 Å². The molecule has 8 nitrogen and oxygen atoms in total. The van der Waals surface area contributed by atoms with Crippen LogP contribution in [0, 0.1) is 0 Å². The Hall–Kier alpha value is -1.74. The van der Waals surface area contributed by atoms with E-state index in [4.69, 9.17) is 4.52 Å². The topological polar surface area (TPSA) is 94.1 Å². The Morgan fingerprint density at radius 1 is 1.33 bits per heavy atom. The highest BCUT2D eigenvalue weighted by Crippen LogP contribution is 2.39. The van der Waals surface area contributed by atoms with Gasteiger partial charge in [0, 0.05) is 43.7 Å². The Morgan fingerprint density at radius 3 is 2.83 bits per heavy atom. The second kappa shape index (κ2) is 5.66. The zero-order valence-corrected chi connectivity index (χ0v) is 14.7. The van der Waals surface area contributed by atoms with Crippen LogP contribution >= 0.6 is 0 Å². The standard InChI is InChI=1S/C15H21N5O3S/c1-3-8-24(21,22)20-7-6-12-11(9-20)13(17-19(12)2)15-16-14(18-23-15)10-4-5-10/h10H,3-9H2,1-2H3. The van der Waals surface area contributed by atoms with Gasteiger partial charge in [-0.1, -0.05) is 12.1 Å². The summed E-state index contributed by atoms with van der Waals surface area (Å²) in [6, 6.07) is 0. The molecule has 9 heteroatoms. The first kappa shape index (κ1) is 15.8. The Morgan fingerprint density at radius 2 is 2.12 bits per heavy atom. The zero-order chi connectivity index (χ0) is 16.9. The molecule has 0 atom stereocenters. The van der Waals surface area contributed by atoms with Gasteiger partial charge in [-0.25, -0.2) is 8.42 Å². The maximum Gasteiger partial charge on any atom is 0.278 e. The number of nitrogens with zero attached hydrogens (tertiary/aromatic N) is 5. The fourth-order valence-corrected chi connectivity index (χ4v) is 4.67. The second-order valence-corrected chi connectivity index (χ2v) is 8.62. The third-order valence-electron chi connectivity index (χ3n) is 4.65. The lowest BCUT2D eigenvalue weighted by Crippen LogP contribution is -2.37. The van der Waals surface area contributed by atoms with Gasteiger partial charge < -0.3 is 4.52 Å². The van der Waals surface area contributed by atoms with Gasteiger partial charge in [-0.15, -0.1) is 0 Å². The molecule has 0 unspecified atom stereocenters. The molecule has 0 aromatic carbocycles. The van der Waals surface area contributed by atoms with Crippen LogP contribution in [0.4, 0.5) is 0 Å². The molecule has 3 heterocycles. The zero-order valence-electron chi connectivity index (χ0n) is 13.9. The first-order chi connectivity index (χ1) is 11.5. The first-order valence-electron chi connectivity index (χ1n) is 8.36. The molecule has 2 aromatic rings. The lowest BCUT2D eigenvalue weighted by molar-refractivity contribution is 0.384. The molecule has 0 spiro atoms. The molecule has 1 saturated carbocycles. The quantitative estimate of drug-likeness (QED) is 0.809. The van der Waals surface area contributed by atoms with E-state index in [1.54, 1.807) is 8.99 Å². The molecule has 0 saturated heterocycles. The van der Waals surface area contributed by atoms with E-state index in [1.165, 1.54) is 0 Å². The van der Waals surface area contributed by atoms with E-state index in [-0.39, 0.29) is 5.75 Å². The molecule has 24 heavy (non-hydrogen) atoms. The molecular formula is C15H21N5O3S. The van der Waals surface area contributed by atoms with Gasteiger partial charge in [0.1, 0.15) is 0 Å². The summed E-state index contributed by atoms with van der Waals surface area (Å²) < 4.78 is 33.5. The highest BCUT2D eigenvalue weighted by Gasteiger charge is 2.34. The Balaban J connectivity index is 1.68. The van der Waals surface area contributed by atoms with Crippen molar-refractivity contribution in [2.24, 2.45) is 7.05 Å². The Kier molecular flexibility index (Phi) is 3.72. The fourth-order valence-electron chi connectivity index (χ4n) is 3.20. The van der Waals surface area contributed by atoms with Crippen LogP contribution in [0.15, 0.2) is 4.52 Å². The molecule has 1 aliphatic carbocycles. The van der Waals surface area contributed by atoms with Gasteiger partial charge in [0.2, 0.25) is 10.0 Å². The minimum absolute atomic E-state index is 0.171. The van der Waals surface area contributed by atoms with Crippen LogP contribution in [0.2, 0.25) is 0 Å². The Labute approximate surface area is 140 Å². The van der Waals surface area contributed by atoms with Crippen molar-refractivity contribution in [3.05, 3.63) is 17.1 Å². The normalized spacial score (nSPS) is 18.8. The third kappa shape index (κ3) is 2.65. The predicted molar refractivity (Wildman–Crippen MR) is 86.7 cm³/mol. The number of aromatic nitrogens is 4. The maximum atomic E-state index is 12.4. The number of aryl methyl sites for hydroxylation is 1. The fraction of sp³-hybridized carbons (Fsp3) is 0.667. The van der Waals surface area contributed by atoms with E-state index in [9.17, 15) is 8.42 Å². The molecule has 2 aromatic heterocycles. The largest absolute Gasteiger partial charge is 0.332 e. The number of rotatable bonds is 5. The summed E-state index contributed by atoms with van der Waals surface area (Å²) in [5.74, 6) is 1.70. The SMILES string of the molecule is CCCS(=O)(=O)N1CCc2c(c(-c3nc(C4CC4)no3)nn2C)C1. The van der Waals surface area contributed by atoms with Gasteiger partial charge in [0.05, 0.1) is 5.75 Å². The smallest absolute Gasteiger partial charge is 0.278 e. The van der Waals surface area contributed by atoms with E-state index >= 15 is 0 Å². The van der Waals surface area contributed by atoms with Crippen molar-refractivity contribution in [3.8, 4) is 11.6 Å². The van der Waals surface area contributed by atoms with Crippen molar-refractivity contribution in [1.29, 1.82) is 0 Å². The monoisotopic (exact) mass is 351 g/mol. The average molecular weight is 351 g/mol. The second-order valence-electron chi connectivity index (χ2n) is 6.53. The summed E-state index contributed by atoms with van der Waals surface area (Å²) in [5, 5.41) is 8.56. The highest BCUT2D eigenvalue weighted by atomic mass is 32.2. The average Bonchev–Trinajstić information content (AvgIpc) is 3.19. The summed E-state index contributed by atoms with van der Waals surface area (Å²) >= 11 is 0. The van der Waals surface area contributed by atoms with Crippen LogP contribution < -0.4 is 0 Å². The van der Waals surface area contributed by atoms with E-state index in [1.807, 2.05) is 14.0 Å². The number of sulfonamides is 1. The predicted octanol–water partition coefficient (Wildman–Crippen LogP) is 1.45. The van der Waals surface area contributed by atoms with Crippen molar-refractivity contribution >= 4 is 10.0 Å². The van der Waals surface area contributed by atoms with Crippen LogP contribution in [0.1, 0.15) is 49.2 Å². The van der Waals surface area contributed by atoms with Crippen LogP contribution in [0.5, 0.6) is 0 Å². The van der Waals surface area contributed by atoms with Crippen molar-refractivity contribution in [3.63, 3.8) is 0 Å². The summed E-state index contributed by atoms with van der Waals surface area (Å²) in [6.07, 6.45) is 3.45. The van der Waals surface area contributed by atoms with Crippen LogP contribution in [-0.2, 0) is 30.0 Å². The van der Waals surface area contributed by atoms with Crippen LogP contribution in [0.25, 0.3) is 11.6 Å². The summed E-state index contributed by atoms with van der Waals surface area (Å²) in [4.78, 5) is 4.47. The van der Waals surface area contributed by atoms with Gasteiger partial charge in [-0.05, 0) is 19.3 Å². The maximum absolute atomic E-state index is 12.4. The molecule has 4 rings (SSSR count). The molecule has 0 N–H and O–H groups in total. The van der Waals surface area contributed by atoms with Gasteiger partial charge in [-0.2, -0.15) is 14.4 Å². The highest BCUT2D eigenvalue weighted by molar-refractivity contribution is 7.89. The molecule has 1 fully saturated rings. The molecule has 0 bridgehead atoms. The lowest BCUT2D eigenvalue weighted by Gasteiger charge is -2.26. The van der Waals surface area contributed by atoms with Crippen molar-refractivity contribution in [1.82, 2.24) is 24.2 Å². The van der Waals surface area contributed by atoms with E-state index < -0.39 is 10.0 Å². The molecule has 130 valence electrons. The van der Waals surface area contributed by atoms with Gasteiger partial charge in [0.25, 0.3) is 5.89 Å². The van der Waals surface area contributed by atoms with Crippen molar-refractivity contribution in [2.75, 3.05) is 12.3 Å². The van der Waals surface area contributed by atoms with E-state index in [0.717, 1.165) is 29.9 Å². The summed E-state index contributed by atoms with van der Waals surface area (Å²) in [6.45, 7) is 2.69. The number of hydrogen-bond acceptors (Lipinski definition) is 6. The minimum Gasteiger partial charge on any atom is -0.332 e. The van der Waals surface area contributed by atoms with E-state index in [0.29, 0.717) is 43.4 Å². The lowest BCUT2D eigenvalue weighted by atomic mass is 10.1. The van der Waals surface area contributed by atoms with Crippen molar-refractivity contribution < 1.29 is 12.9 Å². The molecule has 0 amide bonds. The van der Waals surface area contributed by atoms with Crippen LogP contribution in [-0.4, -0.2) is 44.9 Å². The summed E-state index contributed by atoms with van der Waals surface area (Å²) in [7, 11) is -1.36. The van der Waals surface area contributed by atoms with Gasteiger partial charge in [0.15, 0.2) is 11.5 Å². The Bertz CT molecular complexity index is 866. The molecule has 1 aliphatic heterocycles. The minimum atomic E-state index is -3.23. The van der Waals surface area contributed by atoms with E-state index in [2.05, 4.69) is 15.2 Å². The molecule has 2 aliphatic rings. The molecular weight excluding hydrogens is 330 g/mol. The van der Waals surface area contributed by atoms with Crippen molar-refractivity contribution in [2.45, 2.75) is 45.1 Å².